The van der Waals surface area contributed by atoms with Crippen LogP contribution in [0.25, 0.3) is 0 Å². The smallest absolute Gasteiger partial charge is 0.162 e. The van der Waals surface area contributed by atoms with Gasteiger partial charge in [-0.2, -0.15) is 0 Å². The summed E-state index contributed by atoms with van der Waals surface area (Å²) in [4.78, 5) is 0.922. The van der Waals surface area contributed by atoms with Crippen LogP contribution in [0.2, 0.25) is 0 Å². The van der Waals surface area contributed by atoms with Crippen molar-refractivity contribution in [3.8, 4) is 0 Å². The number of hydrogen-bond donors (Lipinski definition) is 1. The van der Waals surface area contributed by atoms with Crippen molar-refractivity contribution in [3.63, 3.8) is 0 Å². The lowest BCUT2D eigenvalue weighted by atomic mass is 10.4. The maximum absolute atomic E-state index is 12.7. The van der Waals surface area contributed by atoms with Crippen LogP contribution in [0.1, 0.15) is 0 Å². The van der Waals surface area contributed by atoms with Gasteiger partial charge in [0, 0.05) is 11.4 Å². The van der Waals surface area contributed by atoms with Gasteiger partial charge in [-0.05, 0) is 12.1 Å². The van der Waals surface area contributed by atoms with Gasteiger partial charge >= 0.3 is 0 Å². The molecule has 0 amide bonds. The zero-order valence-corrected chi connectivity index (χ0v) is 6.85. The first kappa shape index (κ1) is 8.56. The largest absolute Gasteiger partial charge is 0.327 e. The molecule has 1 aromatic rings. The van der Waals surface area contributed by atoms with Crippen LogP contribution in [0.15, 0.2) is 35.2 Å². The van der Waals surface area contributed by atoms with E-state index in [4.69, 9.17) is 5.73 Å². The monoisotopic (exact) mass is 171 g/mol. The fourth-order valence-electron chi connectivity index (χ4n) is 0.695. The number of thioether (sulfide) groups is 1. The molecule has 0 radical (unpaired) electrons. The van der Waals surface area contributed by atoms with Gasteiger partial charge in [-0.15, -0.1) is 0 Å². The lowest BCUT2D eigenvalue weighted by molar-refractivity contribution is 0.460. The van der Waals surface area contributed by atoms with Crippen LogP contribution >= 0.6 is 11.8 Å². The van der Waals surface area contributed by atoms with E-state index in [1.165, 1.54) is 0 Å². The van der Waals surface area contributed by atoms with E-state index in [0.29, 0.717) is 0 Å². The van der Waals surface area contributed by atoms with Crippen molar-refractivity contribution in [2.24, 2.45) is 5.73 Å². The van der Waals surface area contributed by atoms with Crippen molar-refractivity contribution >= 4 is 11.8 Å². The molecule has 1 rings (SSSR count). The Morgan fingerprint density at radius 3 is 2.55 bits per heavy atom. The average Bonchev–Trinajstić information content (AvgIpc) is 2.06. The molecule has 1 nitrogen and oxygen atoms in total. The Labute approximate surface area is 69.8 Å². The molecule has 1 unspecified atom stereocenters. The summed E-state index contributed by atoms with van der Waals surface area (Å²) in [5.74, 6) is 0. The van der Waals surface area contributed by atoms with Crippen LogP contribution in [-0.4, -0.2) is 12.0 Å². The van der Waals surface area contributed by atoms with Crippen LogP contribution in [0.3, 0.4) is 0 Å². The third-order valence-electron chi connectivity index (χ3n) is 1.19. The number of rotatable bonds is 3. The van der Waals surface area contributed by atoms with Gasteiger partial charge in [-0.1, -0.05) is 30.0 Å². The first-order valence-electron chi connectivity index (χ1n) is 3.39. The van der Waals surface area contributed by atoms with E-state index in [2.05, 4.69) is 0 Å². The second-order valence-corrected chi connectivity index (χ2v) is 3.30. The second kappa shape index (κ2) is 4.36. The minimum Gasteiger partial charge on any atom is -0.327 e. The highest BCUT2D eigenvalue weighted by atomic mass is 32.2. The standard InChI is InChI=1S/C8H10FNS/c9-8(6-10)11-7-4-2-1-3-5-7/h1-5,8H,6,10H2. The van der Waals surface area contributed by atoms with Gasteiger partial charge in [0.15, 0.2) is 5.50 Å². The third kappa shape index (κ3) is 2.91. The van der Waals surface area contributed by atoms with E-state index in [9.17, 15) is 4.39 Å². The van der Waals surface area contributed by atoms with Crippen LogP contribution in [0.5, 0.6) is 0 Å². The van der Waals surface area contributed by atoms with E-state index in [-0.39, 0.29) is 6.54 Å². The van der Waals surface area contributed by atoms with Crippen molar-refractivity contribution < 1.29 is 4.39 Å². The molecule has 0 aliphatic heterocycles. The summed E-state index contributed by atoms with van der Waals surface area (Å²) < 4.78 is 12.7. The maximum atomic E-state index is 12.7. The van der Waals surface area contributed by atoms with E-state index in [1.54, 1.807) is 0 Å². The van der Waals surface area contributed by atoms with Crippen LogP contribution in [0, 0.1) is 0 Å². The summed E-state index contributed by atoms with van der Waals surface area (Å²) in [6.07, 6.45) is 0. The quantitative estimate of drug-likeness (QED) is 0.704. The minimum absolute atomic E-state index is 0.0690. The van der Waals surface area contributed by atoms with Crippen molar-refractivity contribution in [3.05, 3.63) is 30.3 Å². The highest BCUT2D eigenvalue weighted by Gasteiger charge is 2.03. The molecule has 0 aliphatic carbocycles. The molecule has 11 heavy (non-hydrogen) atoms. The van der Waals surface area contributed by atoms with Crippen LogP contribution in [0.4, 0.5) is 4.39 Å². The lowest BCUT2D eigenvalue weighted by Crippen LogP contribution is -2.10. The molecular weight excluding hydrogens is 161 g/mol. The van der Waals surface area contributed by atoms with Crippen molar-refractivity contribution in [1.29, 1.82) is 0 Å². The summed E-state index contributed by atoms with van der Waals surface area (Å²) in [7, 11) is 0. The molecular formula is C8H10FNS. The molecule has 0 fully saturated rings. The Morgan fingerprint density at radius 1 is 1.36 bits per heavy atom. The Hall–Kier alpha value is -0.540. The molecule has 0 saturated heterocycles. The molecule has 0 bridgehead atoms. The predicted octanol–water partition coefficient (Wildman–Crippen LogP) is 2.03. The van der Waals surface area contributed by atoms with Crippen LogP contribution < -0.4 is 5.73 Å². The molecule has 0 aromatic heterocycles. The van der Waals surface area contributed by atoms with E-state index in [0.717, 1.165) is 16.7 Å². The molecule has 3 heteroatoms. The van der Waals surface area contributed by atoms with Gasteiger partial charge in [-0.25, -0.2) is 4.39 Å². The number of alkyl halides is 1. The second-order valence-electron chi connectivity index (χ2n) is 2.08. The fourth-order valence-corrected chi connectivity index (χ4v) is 1.40. The van der Waals surface area contributed by atoms with Crippen molar-refractivity contribution in [2.45, 2.75) is 10.4 Å². The number of nitrogens with two attached hydrogens (primary N) is 1. The Balaban J connectivity index is 2.51. The molecule has 2 N–H and O–H groups in total. The van der Waals surface area contributed by atoms with Gasteiger partial charge in [0.05, 0.1) is 0 Å². The van der Waals surface area contributed by atoms with Gasteiger partial charge in [0.25, 0.3) is 0 Å². The highest BCUT2D eigenvalue weighted by Crippen LogP contribution is 2.22. The number of hydrogen-bond acceptors (Lipinski definition) is 2. The first-order chi connectivity index (χ1) is 5.33. The summed E-state index contributed by atoms with van der Waals surface area (Å²) in [6.45, 7) is 0.0690. The summed E-state index contributed by atoms with van der Waals surface area (Å²) >= 11 is 1.15. The third-order valence-corrected chi connectivity index (χ3v) is 2.19. The van der Waals surface area contributed by atoms with E-state index in [1.807, 2.05) is 30.3 Å². The Bertz CT molecular complexity index is 203. The van der Waals surface area contributed by atoms with E-state index >= 15 is 0 Å². The Morgan fingerprint density at radius 2 is 2.00 bits per heavy atom. The SMILES string of the molecule is NCC(F)Sc1ccccc1. The lowest BCUT2D eigenvalue weighted by Gasteiger charge is -2.03. The zero-order chi connectivity index (χ0) is 8.10. The topological polar surface area (TPSA) is 26.0 Å². The van der Waals surface area contributed by atoms with E-state index < -0.39 is 5.50 Å². The minimum atomic E-state index is -0.989. The Kier molecular flexibility index (Phi) is 3.39. The normalized spacial score (nSPS) is 12.9. The molecule has 1 aromatic carbocycles. The number of halogens is 1. The van der Waals surface area contributed by atoms with Crippen LogP contribution in [-0.2, 0) is 0 Å². The summed E-state index contributed by atoms with van der Waals surface area (Å²) in [6, 6.07) is 9.40. The highest BCUT2D eigenvalue weighted by molar-refractivity contribution is 7.99. The fraction of sp³-hybridized carbons (Fsp3) is 0.250. The van der Waals surface area contributed by atoms with Gasteiger partial charge in [-0.3, -0.25) is 0 Å². The molecule has 0 saturated carbocycles. The van der Waals surface area contributed by atoms with Crippen molar-refractivity contribution in [1.82, 2.24) is 0 Å². The maximum Gasteiger partial charge on any atom is 0.162 e. The molecule has 0 aliphatic rings. The molecule has 0 spiro atoms. The molecule has 60 valence electrons. The van der Waals surface area contributed by atoms with Crippen molar-refractivity contribution in [2.75, 3.05) is 6.54 Å². The first-order valence-corrected chi connectivity index (χ1v) is 4.26. The van der Waals surface area contributed by atoms with Gasteiger partial charge < -0.3 is 5.73 Å². The summed E-state index contributed by atoms with van der Waals surface area (Å²) in [5.41, 5.74) is 4.14. The summed E-state index contributed by atoms with van der Waals surface area (Å²) in [5, 5.41) is 0. The molecule has 0 heterocycles. The predicted molar refractivity (Wildman–Crippen MR) is 46.2 cm³/mol. The van der Waals surface area contributed by atoms with Gasteiger partial charge in [0.1, 0.15) is 0 Å². The van der Waals surface area contributed by atoms with Gasteiger partial charge in [0.2, 0.25) is 0 Å². The molecule has 1 atom stereocenters. The zero-order valence-electron chi connectivity index (χ0n) is 6.03. The number of benzene rings is 1. The average molecular weight is 171 g/mol.